The molecule has 8 nitrogen and oxygen atoms in total. The lowest BCUT2D eigenvalue weighted by molar-refractivity contribution is -0.124. The minimum atomic E-state index is 0.0546. The van der Waals surface area contributed by atoms with Crippen molar-refractivity contribution in [3.63, 3.8) is 0 Å². The highest BCUT2D eigenvalue weighted by Gasteiger charge is 2.14. The Balaban J connectivity index is 1.74. The molecule has 0 bridgehead atoms. The van der Waals surface area contributed by atoms with Crippen LogP contribution in [-0.4, -0.2) is 59.5 Å². The number of hydrogen-bond donors (Lipinski definition) is 3. The van der Waals surface area contributed by atoms with Gasteiger partial charge in [-0.3, -0.25) is 20.0 Å². The average Bonchev–Trinajstić information content (AvgIpc) is 2.40. The molecule has 1 aromatic rings. The molecule has 19 heavy (non-hydrogen) atoms. The summed E-state index contributed by atoms with van der Waals surface area (Å²) in [4.78, 5) is 25.3. The number of amides is 1. The summed E-state index contributed by atoms with van der Waals surface area (Å²) >= 11 is 0. The lowest BCUT2D eigenvalue weighted by Crippen LogP contribution is -2.48. The van der Waals surface area contributed by atoms with Gasteiger partial charge in [-0.2, -0.15) is 0 Å². The molecule has 0 aliphatic carbocycles. The van der Waals surface area contributed by atoms with Gasteiger partial charge in [-0.15, -0.1) is 0 Å². The fourth-order valence-electron chi connectivity index (χ4n) is 1.71. The van der Waals surface area contributed by atoms with Crippen molar-refractivity contribution < 1.29 is 4.79 Å². The van der Waals surface area contributed by atoms with E-state index < -0.39 is 0 Å². The molecule has 4 N–H and O–H groups in total. The third kappa shape index (κ3) is 4.51. The maximum atomic E-state index is 11.2. The first kappa shape index (κ1) is 13.2. The molecule has 1 fully saturated rings. The Morgan fingerprint density at radius 1 is 1.53 bits per heavy atom. The number of carbonyl (C=O) groups is 1. The van der Waals surface area contributed by atoms with Crippen LogP contribution in [-0.2, 0) is 4.79 Å². The number of nitrogens with one attached hydrogen (secondary N) is 2. The van der Waals surface area contributed by atoms with E-state index in [1.807, 2.05) is 4.90 Å². The molecule has 0 saturated carbocycles. The van der Waals surface area contributed by atoms with E-state index in [1.165, 1.54) is 0 Å². The fraction of sp³-hybridized carbons (Fsp3) is 0.455. The zero-order valence-electron chi connectivity index (χ0n) is 10.5. The van der Waals surface area contributed by atoms with Gasteiger partial charge in [0.1, 0.15) is 0 Å². The smallest absolute Gasteiger partial charge is 0.234 e. The normalized spacial score (nSPS) is 17.1. The zero-order valence-corrected chi connectivity index (χ0v) is 10.5. The molecular formula is C11H17N7O. The Hall–Kier alpha value is -2.22. The number of aromatic nitrogens is 2. The predicted molar refractivity (Wildman–Crippen MR) is 71.6 cm³/mol. The second-order valence-electron chi connectivity index (χ2n) is 4.09. The molecular weight excluding hydrogens is 246 g/mol. The van der Waals surface area contributed by atoms with Gasteiger partial charge < -0.3 is 11.1 Å². The molecule has 0 aromatic carbocycles. The van der Waals surface area contributed by atoms with E-state index in [0.717, 1.165) is 6.54 Å². The van der Waals surface area contributed by atoms with Gasteiger partial charge in [-0.05, 0) is 6.07 Å². The Bertz CT molecular complexity index is 448. The van der Waals surface area contributed by atoms with Crippen LogP contribution in [0.1, 0.15) is 0 Å². The second-order valence-corrected chi connectivity index (χ2v) is 4.09. The maximum Gasteiger partial charge on any atom is 0.234 e. The predicted octanol–water partition coefficient (Wildman–Crippen LogP) is -1.36. The molecule has 0 atom stereocenters. The maximum absolute atomic E-state index is 11.2. The number of anilines is 1. The first-order valence-corrected chi connectivity index (χ1v) is 6.07. The van der Waals surface area contributed by atoms with Gasteiger partial charge in [0.2, 0.25) is 11.9 Å². The van der Waals surface area contributed by atoms with Crippen LogP contribution in [0.15, 0.2) is 23.5 Å². The van der Waals surface area contributed by atoms with Crippen molar-refractivity contribution in [2.24, 2.45) is 10.7 Å². The topological polar surface area (TPSA) is 109 Å². The summed E-state index contributed by atoms with van der Waals surface area (Å²) in [5.74, 6) is 0.743. The van der Waals surface area contributed by atoms with Crippen LogP contribution >= 0.6 is 0 Å². The largest absolute Gasteiger partial charge is 0.370 e. The summed E-state index contributed by atoms with van der Waals surface area (Å²) in [6, 6.07) is 1.72. The van der Waals surface area contributed by atoms with E-state index in [4.69, 9.17) is 5.73 Å². The first-order valence-electron chi connectivity index (χ1n) is 6.07. The summed E-state index contributed by atoms with van der Waals surface area (Å²) in [5.41, 5.74) is 5.71. The highest BCUT2D eigenvalue weighted by molar-refractivity contribution is 5.90. The number of rotatable bonds is 4. The van der Waals surface area contributed by atoms with Crippen molar-refractivity contribution in [2.75, 3.05) is 38.0 Å². The molecule has 0 unspecified atom stereocenters. The quantitative estimate of drug-likeness (QED) is 0.457. The van der Waals surface area contributed by atoms with Crippen molar-refractivity contribution in [3.05, 3.63) is 18.5 Å². The van der Waals surface area contributed by atoms with Gasteiger partial charge in [0.15, 0.2) is 5.96 Å². The number of guanidine groups is 1. The van der Waals surface area contributed by atoms with Crippen molar-refractivity contribution in [3.8, 4) is 0 Å². The number of hydrogen-bond acceptors (Lipinski definition) is 5. The highest BCUT2D eigenvalue weighted by Crippen LogP contribution is 1.94. The second kappa shape index (κ2) is 6.64. The van der Waals surface area contributed by atoms with Crippen LogP contribution in [0.3, 0.4) is 0 Å². The lowest BCUT2D eigenvalue weighted by atomic mass is 10.3. The molecule has 1 aliphatic rings. The summed E-state index contributed by atoms with van der Waals surface area (Å²) in [7, 11) is 0. The lowest BCUT2D eigenvalue weighted by Gasteiger charge is -2.25. The molecule has 102 valence electrons. The molecule has 1 amide bonds. The minimum Gasteiger partial charge on any atom is -0.370 e. The minimum absolute atomic E-state index is 0.0546. The number of aliphatic imine (C=N–C) groups is 1. The number of nitrogens with zero attached hydrogens (tertiary/aromatic N) is 4. The van der Waals surface area contributed by atoms with Crippen molar-refractivity contribution in [1.29, 1.82) is 0 Å². The Kier molecular flexibility index (Phi) is 4.62. The molecule has 1 aliphatic heterocycles. The van der Waals surface area contributed by atoms with E-state index in [9.17, 15) is 4.79 Å². The van der Waals surface area contributed by atoms with Crippen LogP contribution in [0.4, 0.5) is 5.95 Å². The molecule has 0 spiro atoms. The average molecular weight is 263 g/mol. The molecule has 2 rings (SSSR count). The fourth-order valence-corrected chi connectivity index (χ4v) is 1.71. The van der Waals surface area contributed by atoms with Crippen molar-refractivity contribution >= 4 is 17.8 Å². The number of carbonyl (C=O) groups excluding carboxylic acids is 1. The van der Waals surface area contributed by atoms with Crippen molar-refractivity contribution in [2.45, 2.75) is 0 Å². The van der Waals surface area contributed by atoms with E-state index in [0.29, 0.717) is 32.1 Å². The van der Waals surface area contributed by atoms with E-state index >= 15 is 0 Å². The van der Waals surface area contributed by atoms with Gasteiger partial charge in [0, 0.05) is 32.0 Å². The van der Waals surface area contributed by atoms with E-state index in [-0.39, 0.29) is 11.9 Å². The Morgan fingerprint density at radius 3 is 3.05 bits per heavy atom. The molecule has 0 radical (unpaired) electrons. The monoisotopic (exact) mass is 263 g/mol. The molecule has 2 heterocycles. The van der Waals surface area contributed by atoms with E-state index in [1.54, 1.807) is 18.5 Å². The Labute approximate surface area is 111 Å². The van der Waals surface area contributed by atoms with Crippen molar-refractivity contribution in [1.82, 2.24) is 20.2 Å². The van der Waals surface area contributed by atoms with Gasteiger partial charge >= 0.3 is 0 Å². The van der Waals surface area contributed by atoms with Gasteiger partial charge in [-0.1, -0.05) is 0 Å². The SMILES string of the molecule is NC(=NCCN1CCNC(=O)C1)Nc1ncccn1. The standard InChI is InChI=1S/C11H17N7O/c12-10(17-11-15-2-1-3-16-11)14-5-7-18-6-4-13-9(19)8-18/h1-3H,4-8H2,(H,13,19)(H3,12,14,15,16,17). The van der Waals surface area contributed by atoms with Crippen LogP contribution in [0.2, 0.25) is 0 Å². The van der Waals surface area contributed by atoms with Crippen LogP contribution in [0.25, 0.3) is 0 Å². The molecule has 1 aromatic heterocycles. The van der Waals surface area contributed by atoms with E-state index in [2.05, 4.69) is 25.6 Å². The first-order chi connectivity index (χ1) is 9.24. The number of nitrogens with two attached hydrogens (primary N) is 1. The zero-order chi connectivity index (χ0) is 13.5. The summed E-state index contributed by atoms with van der Waals surface area (Å²) in [6.07, 6.45) is 3.24. The van der Waals surface area contributed by atoms with Gasteiger partial charge in [0.25, 0.3) is 0 Å². The molecule has 8 heteroatoms. The molecule has 1 saturated heterocycles. The van der Waals surface area contributed by atoms with Crippen LogP contribution < -0.4 is 16.4 Å². The van der Waals surface area contributed by atoms with Crippen LogP contribution in [0, 0.1) is 0 Å². The van der Waals surface area contributed by atoms with Gasteiger partial charge in [0.05, 0.1) is 13.1 Å². The third-order valence-electron chi connectivity index (χ3n) is 2.62. The third-order valence-corrected chi connectivity index (χ3v) is 2.62. The highest BCUT2D eigenvalue weighted by atomic mass is 16.2. The Morgan fingerprint density at radius 2 is 2.32 bits per heavy atom. The summed E-state index contributed by atoms with van der Waals surface area (Å²) in [6.45, 7) is 3.18. The van der Waals surface area contributed by atoms with Crippen LogP contribution in [0.5, 0.6) is 0 Å². The van der Waals surface area contributed by atoms with Gasteiger partial charge in [-0.25, -0.2) is 9.97 Å². The summed E-state index contributed by atoms with van der Waals surface area (Å²) in [5, 5.41) is 5.57. The summed E-state index contributed by atoms with van der Waals surface area (Å²) < 4.78 is 0. The number of piperazine rings is 1.